The number of halogens is 2. The minimum absolute atomic E-state index is 0.0340. The molecule has 276 valence electrons. The molecule has 1 saturated carbocycles. The monoisotopic (exact) mass is 740 g/mol. The van der Waals surface area contributed by atoms with E-state index in [9.17, 15) is 9.59 Å². The third-order valence-electron chi connectivity index (χ3n) is 9.21. The van der Waals surface area contributed by atoms with Crippen LogP contribution in [0.4, 0.5) is 4.79 Å². The fraction of sp³-hybridized carbons (Fsp3) is 0.487. The van der Waals surface area contributed by atoms with Crippen LogP contribution in [0.15, 0.2) is 54.6 Å². The van der Waals surface area contributed by atoms with Crippen LogP contribution < -0.4 is 19.9 Å². The van der Waals surface area contributed by atoms with Crippen molar-refractivity contribution < 1.29 is 28.5 Å². The average molecular weight is 742 g/mol. The molecule has 1 heterocycles. The van der Waals surface area contributed by atoms with Gasteiger partial charge in [-0.05, 0) is 105 Å². The van der Waals surface area contributed by atoms with E-state index in [4.69, 9.17) is 47.9 Å². The van der Waals surface area contributed by atoms with E-state index in [0.717, 1.165) is 61.0 Å². The number of hydrogen-bond acceptors (Lipinski definition) is 8. The van der Waals surface area contributed by atoms with Gasteiger partial charge in [0.05, 0.1) is 16.0 Å². The molecule has 51 heavy (non-hydrogen) atoms. The fourth-order valence-corrected chi connectivity index (χ4v) is 6.91. The quantitative estimate of drug-likeness (QED) is 0.159. The summed E-state index contributed by atoms with van der Waals surface area (Å²) in [5, 5.41) is 0.930. The summed E-state index contributed by atoms with van der Waals surface area (Å²) in [6.07, 6.45) is 3.69. The van der Waals surface area contributed by atoms with Crippen molar-refractivity contribution in [3.8, 4) is 17.2 Å². The summed E-state index contributed by atoms with van der Waals surface area (Å²) < 4.78 is 22.8. The Morgan fingerprint density at radius 2 is 1.55 bits per heavy atom. The Balaban J connectivity index is 1.20. The molecule has 2 N–H and O–H groups in total. The molecule has 0 spiro atoms. The van der Waals surface area contributed by atoms with Crippen LogP contribution in [0.1, 0.15) is 41.5 Å². The van der Waals surface area contributed by atoms with Gasteiger partial charge in [0, 0.05) is 59.0 Å². The highest BCUT2D eigenvalue weighted by Gasteiger charge is 2.35. The van der Waals surface area contributed by atoms with Gasteiger partial charge < -0.3 is 39.4 Å². The summed E-state index contributed by atoms with van der Waals surface area (Å²) in [4.78, 5) is 33.0. The number of carbonyl (C=O) groups excluding carboxylic acids is 2. The van der Waals surface area contributed by atoms with E-state index in [1.165, 1.54) is 0 Å². The smallest absolute Gasteiger partial charge is 0.415 e. The summed E-state index contributed by atoms with van der Waals surface area (Å²) in [5.41, 5.74) is 10.2. The molecule has 3 aromatic rings. The Morgan fingerprint density at radius 1 is 0.882 bits per heavy atom. The average Bonchev–Trinajstić information content (AvgIpc) is 3.95. The van der Waals surface area contributed by atoms with Crippen LogP contribution in [0.5, 0.6) is 17.2 Å². The van der Waals surface area contributed by atoms with Crippen LogP contribution in [0.2, 0.25) is 10.0 Å². The van der Waals surface area contributed by atoms with Gasteiger partial charge in [0.25, 0.3) is 0 Å². The van der Waals surface area contributed by atoms with Gasteiger partial charge in [-0.3, -0.25) is 4.79 Å². The van der Waals surface area contributed by atoms with Crippen molar-refractivity contribution in [1.82, 2.24) is 14.7 Å². The third-order valence-corrected chi connectivity index (χ3v) is 9.77. The lowest BCUT2D eigenvalue weighted by atomic mass is 9.97. The van der Waals surface area contributed by atoms with Crippen molar-refractivity contribution in [3.05, 3.63) is 86.9 Å². The zero-order valence-electron chi connectivity index (χ0n) is 29.9. The van der Waals surface area contributed by atoms with Gasteiger partial charge in [0.15, 0.2) is 5.75 Å². The molecule has 0 bridgehead atoms. The highest BCUT2D eigenvalue weighted by molar-refractivity contribution is 6.37. The van der Waals surface area contributed by atoms with Gasteiger partial charge in [-0.15, -0.1) is 0 Å². The van der Waals surface area contributed by atoms with E-state index in [-0.39, 0.29) is 37.1 Å². The molecule has 0 radical (unpaired) electrons. The normalized spacial score (nSPS) is 15.4. The highest BCUT2D eigenvalue weighted by Crippen LogP contribution is 2.34. The third kappa shape index (κ3) is 11.5. The van der Waals surface area contributed by atoms with E-state index < -0.39 is 0 Å². The van der Waals surface area contributed by atoms with Crippen molar-refractivity contribution in [3.63, 3.8) is 0 Å². The lowest BCUT2D eigenvalue weighted by Gasteiger charge is -2.31. The van der Waals surface area contributed by atoms with E-state index in [1.54, 1.807) is 24.1 Å². The number of benzene rings is 3. The number of methoxy groups -OCH3 is 1. The predicted molar refractivity (Wildman–Crippen MR) is 200 cm³/mol. The van der Waals surface area contributed by atoms with Gasteiger partial charge in [-0.25, -0.2) is 4.79 Å². The number of carbonyl (C=O) groups is 2. The Hall–Kier alpha value is -3.54. The zero-order valence-corrected chi connectivity index (χ0v) is 31.4. The number of ether oxygens (including phenoxy) is 4. The Kier molecular flexibility index (Phi) is 14.3. The van der Waals surface area contributed by atoms with Crippen LogP contribution in [0.25, 0.3) is 0 Å². The zero-order chi connectivity index (χ0) is 36.3. The van der Waals surface area contributed by atoms with E-state index in [0.29, 0.717) is 66.6 Å². The molecular weight excluding hydrogens is 691 g/mol. The van der Waals surface area contributed by atoms with Gasteiger partial charge >= 0.3 is 6.09 Å². The van der Waals surface area contributed by atoms with E-state index in [1.807, 2.05) is 55.3 Å². The predicted octanol–water partition coefficient (Wildman–Crippen LogP) is 6.39. The second kappa shape index (κ2) is 18.8. The number of aryl methyl sites for hydroxylation is 2. The first-order valence-electron chi connectivity index (χ1n) is 17.7. The number of nitrogens with two attached hydrogens (primary N) is 1. The van der Waals surface area contributed by atoms with Crippen molar-refractivity contribution in [2.45, 2.75) is 51.6 Å². The summed E-state index contributed by atoms with van der Waals surface area (Å²) in [7, 11) is 3.74. The van der Waals surface area contributed by atoms with Crippen LogP contribution in [0, 0.1) is 12.8 Å². The summed E-state index contributed by atoms with van der Waals surface area (Å²) in [6, 6.07) is 17.4. The van der Waals surface area contributed by atoms with Crippen molar-refractivity contribution >= 4 is 35.2 Å². The maximum atomic E-state index is 14.1. The van der Waals surface area contributed by atoms with E-state index >= 15 is 0 Å². The van der Waals surface area contributed by atoms with E-state index in [2.05, 4.69) is 11.0 Å². The lowest BCUT2D eigenvalue weighted by molar-refractivity contribution is -0.136. The lowest BCUT2D eigenvalue weighted by Crippen LogP contribution is -2.48. The molecule has 1 aliphatic carbocycles. The fourth-order valence-electron chi connectivity index (χ4n) is 6.21. The largest absolute Gasteiger partial charge is 0.490 e. The molecule has 2 fully saturated rings. The first-order valence-corrected chi connectivity index (χ1v) is 18.5. The molecule has 1 unspecified atom stereocenters. The Labute approximate surface area is 311 Å². The SMILES string of the molecule is COCCCc1cc(CN(C(=O)C(CN)Cc2ccc(OCCOc3c(Cl)cc(C)cc3Cl)cc2)C2CC2)cc(OC(=O)N2CCN(C)CC2)c1. The molecule has 1 atom stereocenters. The standard InChI is InChI=1S/C39H50Cl2N4O6/c1-27-19-35(40)37(36(41)20-27)50-18-17-49-33-10-6-28(7-11-33)22-31(25-42)38(46)45(32-8-9-32)26-30-21-29(5-4-16-48-3)23-34(24-30)51-39(47)44-14-12-43(2)13-15-44/h6-7,10-11,19-21,23-24,31-32H,4-5,8-9,12-18,22,25-26,42H2,1-3H3. The van der Waals surface area contributed by atoms with Gasteiger partial charge in [-0.2, -0.15) is 0 Å². The summed E-state index contributed by atoms with van der Waals surface area (Å²) in [5.74, 6) is 1.29. The minimum atomic E-state index is -0.380. The molecule has 1 aliphatic heterocycles. The maximum Gasteiger partial charge on any atom is 0.415 e. The topological polar surface area (TPSA) is 107 Å². The van der Waals surface area contributed by atoms with Crippen LogP contribution in [0.3, 0.4) is 0 Å². The Bertz CT molecular complexity index is 1590. The number of rotatable bonds is 17. The molecule has 3 aromatic carbocycles. The number of hydrogen-bond donors (Lipinski definition) is 1. The molecule has 2 amide bonds. The highest BCUT2D eigenvalue weighted by atomic mass is 35.5. The molecule has 0 aromatic heterocycles. The van der Waals surface area contributed by atoms with Gasteiger partial charge in [-0.1, -0.05) is 41.4 Å². The molecule has 2 aliphatic rings. The van der Waals surface area contributed by atoms with Crippen LogP contribution in [-0.2, 0) is 28.9 Å². The molecular formula is C39H50Cl2N4O6. The number of amides is 2. The minimum Gasteiger partial charge on any atom is -0.490 e. The second-order valence-corrected chi connectivity index (χ2v) is 14.3. The molecule has 10 nitrogen and oxygen atoms in total. The summed E-state index contributed by atoms with van der Waals surface area (Å²) in [6.45, 7) is 6.67. The number of piperazine rings is 1. The number of nitrogens with zero attached hydrogens (tertiary/aromatic N) is 3. The van der Waals surface area contributed by atoms with Gasteiger partial charge in [0.1, 0.15) is 24.7 Å². The Morgan fingerprint density at radius 3 is 2.20 bits per heavy atom. The van der Waals surface area contributed by atoms with Crippen LogP contribution >= 0.6 is 23.2 Å². The van der Waals surface area contributed by atoms with Crippen LogP contribution in [-0.4, -0.2) is 99.4 Å². The maximum absolute atomic E-state index is 14.1. The molecule has 12 heteroatoms. The first-order chi connectivity index (χ1) is 24.6. The summed E-state index contributed by atoms with van der Waals surface area (Å²) >= 11 is 12.5. The van der Waals surface area contributed by atoms with Gasteiger partial charge in [0.2, 0.25) is 5.91 Å². The first kappa shape index (κ1) is 38.7. The second-order valence-electron chi connectivity index (χ2n) is 13.5. The van der Waals surface area contributed by atoms with Crippen molar-refractivity contribution in [2.75, 3.05) is 66.7 Å². The van der Waals surface area contributed by atoms with Crippen molar-refractivity contribution in [1.29, 1.82) is 0 Å². The van der Waals surface area contributed by atoms with Crippen molar-refractivity contribution in [2.24, 2.45) is 11.7 Å². The number of likely N-dealkylation sites (N-methyl/N-ethyl adjacent to an activating group) is 1. The molecule has 5 rings (SSSR count). The molecule has 1 saturated heterocycles.